The van der Waals surface area contributed by atoms with Gasteiger partial charge in [0.05, 0.1) is 11.6 Å². The van der Waals surface area contributed by atoms with E-state index in [0.717, 1.165) is 10.8 Å². The zero-order valence-corrected chi connectivity index (χ0v) is 10.5. The molecule has 0 aliphatic carbocycles. The quantitative estimate of drug-likeness (QED) is 0.901. The van der Waals surface area contributed by atoms with Crippen molar-refractivity contribution in [1.29, 1.82) is 5.26 Å². The first-order valence-electron chi connectivity index (χ1n) is 5.24. The molecule has 2 rings (SSSR count). The van der Waals surface area contributed by atoms with Crippen LogP contribution in [0.2, 0.25) is 0 Å². The molecule has 0 amide bonds. The predicted octanol–water partition coefficient (Wildman–Crippen LogP) is 2.89. The maximum Gasteiger partial charge on any atom is 0.126 e. The van der Waals surface area contributed by atoms with E-state index >= 15 is 0 Å². The lowest BCUT2D eigenvalue weighted by Gasteiger charge is -2.11. The Bertz CT molecular complexity index is 538. The molecule has 0 spiro atoms. The Kier molecular flexibility index (Phi) is 3.35. The number of aromatic nitrogens is 2. The zero-order chi connectivity index (χ0) is 12.3. The fourth-order valence-electron chi connectivity index (χ4n) is 1.40. The minimum atomic E-state index is 0.120. The van der Waals surface area contributed by atoms with Crippen LogP contribution in [0.15, 0.2) is 24.5 Å². The van der Waals surface area contributed by atoms with Crippen LogP contribution in [0, 0.1) is 18.3 Å². The van der Waals surface area contributed by atoms with Gasteiger partial charge in [-0.1, -0.05) is 0 Å². The molecule has 1 N–H and O–H groups in total. The molecule has 1 unspecified atom stereocenters. The molecule has 0 radical (unpaired) electrons. The maximum absolute atomic E-state index is 8.67. The van der Waals surface area contributed by atoms with Crippen molar-refractivity contribution in [2.75, 3.05) is 5.32 Å². The first kappa shape index (κ1) is 11.6. The minimum Gasteiger partial charge on any atom is -0.361 e. The highest BCUT2D eigenvalue weighted by Crippen LogP contribution is 2.22. The molecular weight excluding hydrogens is 232 g/mol. The van der Waals surface area contributed by atoms with Gasteiger partial charge in [-0.25, -0.2) is 9.97 Å². The topological polar surface area (TPSA) is 61.6 Å². The number of hydrogen-bond acceptors (Lipinski definition) is 5. The van der Waals surface area contributed by atoms with Crippen LogP contribution in [-0.4, -0.2) is 9.97 Å². The highest BCUT2D eigenvalue weighted by molar-refractivity contribution is 7.11. The van der Waals surface area contributed by atoms with Gasteiger partial charge in [-0.05, 0) is 26.0 Å². The Morgan fingerprint density at radius 1 is 1.35 bits per heavy atom. The molecule has 2 aromatic rings. The van der Waals surface area contributed by atoms with Gasteiger partial charge in [0.25, 0.3) is 0 Å². The molecule has 0 fully saturated rings. The lowest BCUT2D eigenvalue weighted by Crippen LogP contribution is -2.07. The van der Waals surface area contributed by atoms with Crippen molar-refractivity contribution in [3.63, 3.8) is 0 Å². The normalized spacial score (nSPS) is 11.8. The van der Waals surface area contributed by atoms with Gasteiger partial charge in [-0.2, -0.15) is 5.26 Å². The smallest absolute Gasteiger partial charge is 0.126 e. The van der Waals surface area contributed by atoms with E-state index in [1.54, 1.807) is 29.7 Å². The van der Waals surface area contributed by atoms with Gasteiger partial charge in [0.15, 0.2) is 0 Å². The first-order valence-corrected chi connectivity index (χ1v) is 6.05. The number of aryl methyl sites for hydroxylation is 1. The van der Waals surface area contributed by atoms with Gasteiger partial charge in [0, 0.05) is 17.3 Å². The summed E-state index contributed by atoms with van der Waals surface area (Å²) < 4.78 is 0. The summed E-state index contributed by atoms with van der Waals surface area (Å²) in [6.45, 7) is 4.08. The van der Waals surface area contributed by atoms with Crippen LogP contribution in [0.5, 0.6) is 0 Å². The van der Waals surface area contributed by atoms with E-state index in [4.69, 9.17) is 5.26 Å². The lowest BCUT2D eigenvalue weighted by atomic mass is 10.3. The third kappa shape index (κ3) is 2.80. The van der Waals surface area contributed by atoms with Gasteiger partial charge < -0.3 is 5.32 Å². The monoisotopic (exact) mass is 244 g/mol. The Morgan fingerprint density at radius 3 is 2.71 bits per heavy atom. The van der Waals surface area contributed by atoms with Crippen molar-refractivity contribution in [3.05, 3.63) is 40.0 Å². The number of anilines is 1. The highest BCUT2D eigenvalue weighted by Gasteiger charge is 2.09. The average Bonchev–Trinajstić information content (AvgIpc) is 2.77. The van der Waals surface area contributed by atoms with Crippen LogP contribution in [0.4, 0.5) is 5.82 Å². The molecule has 17 heavy (non-hydrogen) atoms. The molecule has 0 aliphatic rings. The SMILES string of the molecule is Cc1cnc(C(C)Nc2ccc(C#N)cn2)s1. The summed E-state index contributed by atoms with van der Waals surface area (Å²) in [5.74, 6) is 0.754. The Hall–Kier alpha value is -1.93. The first-order chi connectivity index (χ1) is 8.19. The van der Waals surface area contributed by atoms with Crippen molar-refractivity contribution in [2.45, 2.75) is 19.9 Å². The van der Waals surface area contributed by atoms with E-state index in [9.17, 15) is 0 Å². The van der Waals surface area contributed by atoms with E-state index in [-0.39, 0.29) is 6.04 Å². The molecular formula is C12H12N4S. The van der Waals surface area contributed by atoms with Crippen LogP contribution >= 0.6 is 11.3 Å². The lowest BCUT2D eigenvalue weighted by molar-refractivity contribution is 0.860. The van der Waals surface area contributed by atoms with Gasteiger partial charge in [-0.3, -0.25) is 0 Å². The second kappa shape index (κ2) is 4.93. The summed E-state index contributed by atoms with van der Waals surface area (Å²) >= 11 is 1.67. The number of nitriles is 1. The molecule has 0 aromatic carbocycles. The molecule has 86 valence electrons. The summed E-state index contributed by atoms with van der Waals surface area (Å²) in [5, 5.41) is 13.0. The zero-order valence-electron chi connectivity index (χ0n) is 9.64. The number of hydrogen-bond donors (Lipinski definition) is 1. The van der Waals surface area contributed by atoms with Gasteiger partial charge in [-0.15, -0.1) is 11.3 Å². The van der Waals surface area contributed by atoms with Crippen LogP contribution in [-0.2, 0) is 0 Å². The van der Waals surface area contributed by atoms with Crippen LogP contribution in [0.1, 0.15) is 28.4 Å². The Morgan fingerprint density at radius 2 is 2.18 bits per heavy atom. The summed E-state index contributed by atoms with van der Waals surface area (Å²) in [4.78, 5) is 9.68. The van der Waals surface area contributed by atoms with Crippen molar-refractivity contribution >= 4 is 17.2 Å². The van der Waals surface area contributed by atoms with Crippen molar-refractivity contribution in [1.82, 2.24) is 9.97 Å². The molecule has 1 atom stereocenters. The Balaban J connectivity index is 2.08. The summed E-state index contributed by atoms with van der Waals surface area (Å²) in [7, 11) is 0. The number of nitrogens with zero attached hydrogens (tertiary/aromatic N) is 3. The fourth-order valence-corrected chi connectivity index (χ4v) is 2.18. The third-order valence-electron chi connectivity index (χ3n) is 2.27. The molecule has 0 saturated carbocycles. The van der Waals surface area contributed by atoms with E-state index in [0.29, 0.717) is 5.56 Å². The van der Waals surface area contributed by atoms with E-state index in [1.807, 2.05) is 26.1 Å². The largest absolute Gasteiger partial charge is 0.361 e. The van der Waals surface area contributed by atoms with Crippen molar-refractivity contribution < 1.29 is 0 Å². The van der Waals surface area contributed by atoms with Crippen molar-refractivity contribution in [2.24, 2.45) is 0 Å². The molecule has 0 bridgehead atoms. The summed E-state index contributed by atoms with van der Waals surface area (Å²) in [6.07, 6.45) is 3.42. The number of pyridine rings is 1. The molecule has 0 aliphatic heterocycles. The second-order valence-corrected chi connectivity index (χ2v) is 4.99. The molecule has 4 nitrogen and oxygen atoms in total. The molecule has 0 saturated heterocycles. The van der Waals surface area contributed by atoms with Gasteiger partial charge in [0.1, 0.15) is 16.9 Å². The van der Waals surface area contributed by atoms with Crippen LogP contribution in [0.25, 0.3) is 0 Å². The molecule has 2 aromatic heterocycles. The third-order valence-corrected chi connectivity index (χ3v) is 3.36. The van der Waals surface area contributed by atoms with E-state index < -0.39 is 0 Å². The fraction of sp³-hybridized carbons (Fsp3) is 0.250. The number of rotatable bonds is 3. The van der Waals surface area contributed by atoms with Crippen molar-refractivity contribution in [3.8, 4) is 6.07 Å². The maximum atomic E-state index is 8.67. The second-order valence-electron chi connectivity index (χ2n) is 3.72. The standard InChI is InChI=1S/C12H12N4S/c1-8-6-15-12(17-8)9(2)16-11-4-3-10(5-13)7-14-11/h3-4,6-7,9H,1-2H3,(H,14,16). The summed E-state index contributed by atoms with van der Waals surface area (Å²) in [6, 6.07) is 5.71. The summed E-state index contributed by atoms with van der Waals surface area (Å²) in [5.41, 5.74) is 0.563. The van der Waals surface area contributed by atoms with Gasteiger partial charge >= 0.3 is 0 Å². The van der Waals surface area contributed by atoms with E-state index in [2.05, 4.69) is 15.3 Å². The molecule has 5 heteroatoms. The molecule has 2 heterocycles. The van der Waals surface area contributed by atoms with Crippen LogP contribution in [0.3, 0.4) is 0 Å². The average molecular weight is 244 g/mol. The minimum absolute atomic E-state index is 0.120. The van der Waals surface area contributed by atoms with Gasteiger partial charge in [0.2, 0.25) is 0 Å². The number of thiazole rings is 1. The van der Waals surface area contributed by atoms with E-state index in [1.165, 1.54) is 4.88 Å². The highest BCUT2D eigenvalue weighted by atomic mass is 32.1. The number of nitrogens with one attached hydrogen (secondary N) is 1. The Labute approximate surface area is 104 Å². The predicted molar refractivity (Wildman–Crippen MR) is 67.8 cm³/mol. The van der Waals surface area contributed by atoms with Crippen LogP contribution < -0.4 is 5.32 Å².